The summed E-state index contributed by atoms with van der Waals surface area (Å²) in [5.74, 6) is 0.317. The van der Waals surface area contributed by atoms with E-state index in [4.69, 9.17) is 9.47 Å². The van der Waals surface area contributed by atoms with Gasteiger partial charge >= 0.3 is 12.2 Å². The molecule has 3 amide bonds. The van der Waals surface area contributed by atoms with Crippen molar-refractivity contribution in [2.45, 2.75) is 44.8 Å². The van der Waals surface area contributed by atoms with Gasteiger partial charge < -0.3 is 19.7 Å². The lowest BCUT2D eigenvalue weighted by molar-refractivity contribution is -0.119. The number of anilines is 1. The molecule has 8 nitrogen and oxygen atoms in total. The number of nitrogens with one attached hydrogen (secondary N) is 1. The highest BCUT2D eigenvalue weighted by Crippen LogP contribution is 2.59. The van der Waals surface area contributed by atoms with Gasteiger partial charge in [-0.25, -0.2) is 9.59 Å². The lowest BCUT2D eigenvalue weighted by atomic mass is 9.95. The minimum absolute atomic E-state index is 0.00793. The van der Waals surface area contributed by atoms with Crippen LogP contribution in [0, 0.1) is 5.92 Å². The number of likely N-dealkylation sites (tertiary alicyclic amines) is 1. The van der Waals surface area contributed by atoms with Gasteiger partial charge in [0.25, 0.3) is 0 Å². The third-order valence-corrected chi connectivity index (χ3v) is 5.95. The summed E-state index contributed by atoms with van der Waals surface area (Å²) in [5, 5.41) is 2.68. The molecule has 1 saturated carbocycles. The van der Waals surface area contributed by atoms with Gasteiger partial charge in [-0.15, -0.1) is 0 Å². The van der Waals surface area contributed by atoms with E-state index in [-0.39, 0.29) is 29.6 Å². The smallest absolute Gasteiger partial charge is 0.414 e. The number of fused-ring (bicyclic) bond motifs is 1. The highest BCUT2D eigenvalue weighted by atomic mass is 16.6. The van der Waals surface area contributed by atoms with Crippen LogP contribution in [-0.2, 0) is 19.7 Å². The molecular weight excluding hydrogens is 374 g/mol. The third-order valence-electron chi connectivity index (χ3n) is 5.95. The molecule has 156 valence electrons. The van der Waals surface area contributed by atoms with Gasteiger partial charge in [0.05, 0.1) is 19.2 Å². The molecule has 0 radical (unpaired) electrons. The first-order valence-electron chi connectivity index (χ1n) is 10.1. The second-order valence-electron chi connectivity index (χ2n) is 8.47. The van der Waals surface area contributed by atoms with E-state index in [0.717, 1.165) is 18.7 Å². The number of piperidine rings is 1. The molecule has 1 N–H and O–H groups in total. The van der Waals surface area contributed by atoms with Gasteiger partial charge in [0, 0.05) is 31.1 Å². The van der Waals surface area contributed by atoms with Crippen LogP contribution in [0.4, 0.5) is 15.3 Å². The first kappa shape index (κ1) is 19.5. The van der Waals surface area contributed by atoms with Crippen molar-refractivity contribution in [3.05, 3.63) is 29.8 Å². The summed E-state index contributed by atoms with van der Waals surface area (Å²) in [6.45, 7) is 7.26. The first-order valence-corrected chi connectivity index (χ1v) is 10.1. The minimum Gasteiger partial charge on any atom is -0.447 e. The minimum atomic E-state index is -0.404. The summed E-state index contributed by atoms with van der Waals surface area (Å²) < 4.78 is 10.7. The number of ether oxygens (including phenoxy) is 2. The molecule has 1 aliphatic carbocycles. The van der Waals surface area contributed by atoms with E-state index in [2.05, 4.69) is 5.32 Å². The number of hydrogen-bond acceptors (Lipinski definition) is 5. The van der Waals surface area contributed by atoms with Gasteiger partial charge in [0.1, 0.15) is 6.10 Å². The zero-order valence-corrected chi connectivity index (χ0v) is 17.0. The number of rotatable bonds is 5. The molecule has 4 rings (SSSR count). The molecule has 1 aromatic rings. The van der Waals surface area contributed by atoms with Gasteiger partial charge in [0.15, 0.2) is 0 Å². The van der Waals surface area contributed by atoms with Gasteiger partial charge in [-0.05, 0) is 43.9 Å². The maximum Gasteiger partial charge on any atom is 0.414 e. The average Bonchev–Trinajstić information content (AvgIpc) is 3.04. The number of cyclic esters (lactones) is 1. The topological polar surface area (TPSA) is 88.2 Å². The zero-order chi connectivity index (χ0) is 20.8. The fourth-order valence-corrected chi connectivity index (χ4v) is 4.41. The summed E-state index contributed by atoms with van der Waals surface area (Å²) in [5.41, 5.74) is 1.97. The van der Waals surface area contributed by atoms with Crippen LogP contribution in [0.15, 0.2) is 24.3 Å². The molecule has 2 saturated heterocycles. The van der Waals surface area contributed by atoms with Crippen LogP contribution >= 0.6 is 0 Å². The van der Waals surface area contributed by atoms with Crippen molar-refractivity contribution in [3.8, 4) is 0 Å². The quantitative estimate of drug-likeness (QED) is 0.818. The number of carbonyl (C=O) groups is 3. The Labute approximate surface area is 170 Å². The van der Waals surface area contributed by atoms with E-state index in [9.17, 15) is 14.4 Å². The highest BCUT2D eigenvalue weighted by Gasteiger charge is 2.62. The van der Waals surface area contributed by atoms with Gasteiger partial charge in [-0.2, -0.15) is 0 Å². The van der Waals surface area contributed by atoms with Crippen molar-refractivity contribution in [1.82, 2.24) is 10.2 Å². The van der Waals surface area contributed by atoms with Crippen LogP contribution in [-0.4, -0.2) is 61.4 Å². The van der Waals surface area contributed by atoms with Crippen molar-refractivity contribution in [2.75, 3.05) is 31.1 Å². The molecule has 3 fully saturated rings. The molecular formula is C21H27N3O5. The van der Waals surface area contributed by atoms with Crippen molar-refractivity contribution in [2.24, 2.45) is 5.92 Å². The molecule has 8 heteroatoms. The van der Waals surface area contributed by atoms with Crippen LogP contribution in [0.3, 0.4) is 0 Å². The fourth-order valence-electron chi connectivity index (χ4n) is 4.41. The second-order valence-corrected chi connectivity index (χ2v) is 8.47. The Morgan fingerprint density at radius 1 is 1.28 bits per heavy atom. The highest BCUT2D eigenvalue weighted by molar-refractivity contribution is 5.89. The zero-order valence-electron chi connectivity index (χ0n) is 17.0. The Hall–Kier alpha value is -2.77. The Morgan fingerprint density at radius 2 is 2.00 bits per heavy atom. The molecule has 3 aliphatic rings. The summed E-state index contributed by atoms with van der Waals surface area (Å²) in [4.78, 5) is 38.8. The van der Waals surface area contributed by atoms with E-state index < -0.39 is 6.09 Å². The van der Waals surface area contributed by atoms with E-state index in [1.165, 1.54) is 12.5 Å². The number of benzene rings is 1. The number of nitrogens with zero attached hydrogens (tertiary/aromatic N) is 2. The lowest BCUT2D eigenvalue weighted by Gasteiger charge is -2.22. The van der Waals surface area contributed by atoms with Gasteiger partial charge in [0.2, 0.25) is 5.91 Å². The molecule has 0 aromatic heterocycles. The summed E-state index contributed by atoms with van der Waals surface area (Å²) >= 11 is 0. The summed E-state index contributed by atoms with van der Waals surface area (Å²) in [7, 11) is 0. The molecule has 0 bridgehead atoms. The molecule has 2 unspecified atom stereocenters. The van der Waals surface area contributed by atoms with E-state index >= 15 is 0 Å². The molecule has 3 atom stereocenters. The van der Waals surface area contributed by atoms with Crippen LogP contribution in [0.5, 0.6) is 0 Å². The molecule has 0 spiro atoms. The SMILES string of the molecule is CC(=O)NC[C@H]1CN(c2ccc(C34CC3CN(C(=O)OC(C)C)C4)cc2)C(=O)O1. The normalized spacial score (nSPS) is 27.7. The second kappa shape index (κ2) is 7.24. The fraction of sp³-hybridized carbons (Fsp3) is 0.571. The average molecular weight is 401 g/mol. The van der Waals surface area contributed by atoms with Crippen LogP contribution in [0.25, 0.3) is 0 Å². The lowest BCUT2D eigenvalue weighted by Crippen LogP contribution is -2.34. The van der Waals surface area contributed by atoms with Crippen molar-refractivity contribution < 1.29 is 23.9 Å². The van der Waals surface area contributed by atoms with Crippen molar-refractivity contribution in [3.63, 3.8) is 0 Å². The molecule has 2 aliphatic heterocycles. The van der Waals surface area contributed by atoms with Crippen LogP contribution < -0.4 is 10.2 Å². The number of hydrogen-bond donors (Lipinski definition) is 1. The Morgan fingerprint density at radius 3 is 2.66 bits per heavy atom. The number of carbonyl (C=O) groups excluding carboxylic acids is 3. The van der Waals surface area contributed by atoms with Crippen LogP contribution in [0.1, 0.15) is 32.8 Å². The molecule has 1 aromatic carbocycles. The summed E-state index contributed by atoms with van der Waals surface area (Å²) in [6.07, 6.45) is -0.0491. The van der Waals surface area contributed by atoms with E-state index in [1.54, 1.807) is 9.80 Å². The Balaban J connectivity index is 1.40. The summed E-state index contributed by atoms with van der Waals surface area (Å²) in [6, 6.07) is 7.94. The Kier molecular flexibility index (Phi) is 4.88. The maximum absolute atomic E-state index is 12.2. The first-order chi connectivity index (χ1) is 13.8. The van der Waals surface area contributed by atoms with E-state index in [1.807, 2.05) is 38.1 Å². The van der Waals surface area contributed by atoms with Crippen molar-refractivity contribution in [1.29, 1.82) is 0 Å². The maximum atomic E-state index is 12.2. The standard InChI is InChI=1S/C21H27N3O5/c1-13(2)28-19(26)23-10-16-8-21(16,12-23)15-4-6-17(7-5-15)24-11-18(29-20(24)27)9-22-14(3)25/h4-7,13,16,18H,8-12H2,1-3H3,(H,22,25)/t16?,18-,21?/m0/s1. The monoisotopic (exact) mass is 401 g/mol. The van der Waals surface area contributed by atoms with Gasteiger partial charge in [-0.1, -0.05) is 12.1 Å². The van der Waals surface area contributed by atoms with Crippen LogP contribution in [0.2, 0.25) is 0 Å². The third kappa shape index (κ3) is 3.75. The van der Waals surface area contributed by atoms with E-state index in [0.29, 0.717) is 25.6 Å². The van der Waals surface area contributed by atoms with Gasteiger partial charge in [-0.3, -0.25) is 9.69 Å². The predicted molar refractivity (Wildman–Crippen MR) is 106 cm³/mol. The molecule has 2 heterocycles. The Bertz CT molecular complexity index is 824. The molecule has 29 heavy (non-hydrogen) atoms. The van der Waals surface area contributed by atoms with Crippen molar-refractivity contribution >= 4 is 23.8 Å². The number of amides is 3. The largest absolute Gasteiger partial charge is 0.447 e. The predicted octanol–water partition coefficient (Wildman–Crippen LogP) is 2.27.